The molecule has 4 aromatic carbocycles. The Hall–Kier alpha value is -3.42. The minimum atomic E-state index is -0.480. The van der Waals surface area contributed by atoms with Gasteiger partial charge in [0.05, 0.1) is 5.41 Å². The normalized spacial score (nSPS) is 17.0. The zero-order valence-electron chi connectivity index (χ0n) is 16.2. The van der Waals surface area contributed by atoms with Gasteiger partial charge in [-0.3, -0.25) is 4.98 Å². The summed E-state index contributed by atoms with van der Waals surface area (Å²) >= 11 is 6.84. The Bertz CT molecular complexity index is 1350. The number of pyridine rings is 1. The molecule has 1 unspecified atom stereocenters. The predicted molar refractivity (Wildman–Crippen MR) is 124 cm³/mol. The van der Waals surface area contributed by atoms with Crippen LogP contribution in [-0.4, -0.2) is 4.98 Å². The first-order valence-corrected chi connectivity index (χ1v) is 10.5. The van der Waals surface area contributed by atoms with E-state index in [0.717, 1.165) is 16.1 Å². The minimum Gasteiger partial charge on any atom is -0.264 e. The molecule has 1 aliphatic rings. The Kier molecular flexibility index (Phi) is 3.81. The lowest BCUT2D eigenvalue weighted by Gasteiger charge is -2.34. The number of benzene rings is 4. The third kappa shape index (κ3) is 2.21. The van der Waals surface area contributed by atoms with E-state index in [-0.39, 0.29) is 0 Å². The van der Waals surface area contributed by atoms with E-state index in [4.69, 9.17) is 11.6 Å². The average Bonchev–Trinajstić information content (AvgIpc) is 3.13. The molecule has 1 atom stereocenters. The highest BCUT2D eigenvalue weighted by molar-refractivity contribution is 6.34. The van der Waals surface area contributed by atoms with Gasteiger partial charge in [-0.1, -0.05) is 96.5 Å². The van der Waals surface area contributed by atoms with Gasteiger partial charge in [-0.15, -0.1) is 0 Å². The summed E-state index contributed by atoms with van der Waals surface area (Å²) in [6, 6.07) is 34.2. The summed E-state index contributed by atoms with van der Waals surface area (Å²) in [5.41, 5.74) is 6.69. The molecular formula is C28H18ClN. The number of aromatic nitrogens is 1. The minimum absolute atomic E-state index is 0.480. The van der Waals surface area contributed by atoms with Crippen molar-refractivity contribution >= 4 is 22.4 Å². The summed E-state index contributed by atoms with van der Waals surface area (Å²) in [6.07, 6.45) is 3.83. The maximum absolute atomic E-state index is 6.84. The van der Waals surface area contributed by atoms with Gasteiger partial charge in [0.1, 0.15) is 0 Å². The fourth-order valence-electron chi connectivity index (χ4n) is 5.17. The molecule has 0 N–H and O–H groups in total. The number of halogens is 1. The van der Waals surface area contributed by atoms with E-state index in [9.17, 15) is 0 Å². The zero-order valence-corrected chi connectivity index (χ0v) is 17.0. The molecule has 1 heterocycles. The summed E-state index contributed by atoms with van der Waals surface area (Å²) in [7, 11) is 0. The van der Waals surface area contributed by atoms with Gasteiger partial charge >= 0.3 is 0 Å². The van der Waals surface area contributed by atoms with Crippen LogP contribution in [0.4, 0.5) is 0 Å². The van der Waals surface area contributed by atoms with Crippen molar-refractivity contribution in [1.29, 1.82) is 0 Å². The molecule has 1 aromatic heterocycles. The molecule has 0 fully saturated rings. The molecule has 6 rings (SSSR count). The molecule has 1 aliphatic carbocycles. The van der Waals surface area contributed by atoms with Crippen LogP contribution in [0.5, 0.6) is 0 Å². The fraction of sp³-hybridized carbons (Fsp3) is 0.0357. The van der Waals surface area contributed by atoms with Crippen molar-refractivity contribution in [3.8, 4) is 11.1 Å². The molecule has 5 aromatic rings. The van der Waals surface area contributed by atoms with Gasteiger partial charge in [0.25, 0.3) is 0 Å². The lowest BCUT2D eigenvalue weighted by atomic mass is 9.67. The van der Waals surface area contributed by atoms with Gasteiger partial charge in [-0.2, -0.15) is 0 Å². The number of fused-ring (bicyclic) bond motifs is 5. The molecule has 0 spiro atoms. The van der Waals surface area contributed by atoms with Crippen LogP contribution < -0.4 is 0 Å². The van der Waals surface area contributed by atoms with Crippen LogP contribution in [0.1, 0.15) is 22.3 Å². The average molecular weight is 404 g/mol. The lowest BCUT2D eigenvalue weighted by Crippen LogP contribution is -2.29. The topological polar surface area (TPSA) is 12.9 Å². The first kappa shape index (κ1) is 17.4. The molecule has 0 aliphatic heterocycles. The maximum Gasteiger partial charge on any atom is 0.0734 e. The van der Waals surface area contributed by atoms with Crippen molar-refractivity contribution in [2.24, 2.45) is 0 Å². The number of hydrogen-bond donors (Lipinski definition) is 0. The third-order valence-electron chi connectivity index (χ3n) is 6.29. The maximum atomic E-state index is 6.84. The van der Waals surface area contributed by atoms with Crippen molar-refractivity contribution in [3.63, 3.8) is 0 Å². The van der Waals surface area contributed by atoms with E-state index in [1.807, 2.05) is 24.5 Å². The Morgan fingerprint density at radius 2 is 1.47 bits per heavy atom. The van der Waals surface area contributed by atoms with Gasteiger partial charge in [0.15, 0.2) is 0 Å². The van der Waals surface area contributed by atoms with Crippen LogP contribution in [0.3, 0.4) is 0 Å². The number of hydrogen-bond acceptors (Lipinski definition) is 1. The fourth-order valence-corrected chi connectivity index (χ4v) is 5.44. The third-order valence-corrected chi connectivity index (χ3v) is 6.61. The van der Waals surface area contributed by atoms with Crippen molar-refractivity contribution in [2.45, 2.75) is 5.41 Å². The van der Waals surface area contributed by atoms with Gasteiger partial charge in [-0.05, 0) is 50.7 Å². The van der Waals surface area contributed by atoms with Crippen molar-refractivity contribution in [1.82, 2.24) is 4.98 Å². The van der Waals surface area contributed by atoms with Crippen molar-refractivity contribution in [3.05, 3.63) is 137 Å². The first-order chi connectivity index (χ1) is 14.8. The molecule has 30 heavy (non-hydrogen) atoms. The van der Waals surface area contributed by atoms with Gasteiger partial charge in [0, 0.05) is 23.0 Å². The van der Waals surface area contributed by atoms with Gasteiger partial charge in [-0.25, -0.2) is 0 Å². The lowest BCUT2D eigenvalue weighted by molar-refractivity contribution is 0.769. The molecule has 2 heteroatoms. The monoisotopic (exact) mass is 403 g/mol. The quantitative estimate of drug-likeness (QED) is 0.296. The Labute approximate surface area is 180 Å². The molecule has 0 bridgehead atoms. The summed E-state index contributed by atoms with van der Waals surface area (Å²) < 4.78 is 0. The Morgan fingerprint density at radius 1 is 0.667 bits per heavy atom. The van der Waals surface area contributed by atoms with Crippen LogP contribution in [0, 0.1) is 0 Å². The largest absolute Gasteiger partial charge is 0.264 e. The zero-order chi connectivity index (χ0) is 20.1. The van der Waals surface area contributed by atoms with Crippen LogP contribution in [-0.2, 0) is 5.41 Å². The van der Waals surface area contributed by atoms with Crippen molar-refractivity contribution in [2.75, 3.05) is 0 Å². The molecule has 0 radical (unpaired) electrons. The summed E-state index contributed by atoms with van der Waals surface area (Å²) in [5.74, 6) is 0. The number of rotatable bonds is 2. The highest BCUT2D eigenvalue weighted by Gasteiger charge is 2.47. The van der Waals surface area contributed by atoms with Crippen LogP contribution in [0.25, 0.3) is 21.9 Å². The molecule has 0 saturated carbocycles. The molecule has 1 nitrogen and oxygen atoms in total. The van der Waals surface area contributed by atoms with E-state index in [1.165, 1.54) is 33.0 Å². The summed E-state index contributed by atoms with van der Waals surface area (Å²) in [6.45, 7) is 0. The second-order valence-corrected chi connectivity index (χ2v) is 8.14. The SMILES string of the molecule is Clc1cccc2c1-c1ccc3ccccc3c1C2(c1ccccc1)c1cccnc1. The van der Waals surface area contributed by atoms with Crippen molar-refractivity contribution < 1.29 is 0 Å². The standard InChI is InChI=1S/C28H18ClN/c29-25-14-6-13-24-26(25)23-16-15-19-8-4-5-12-22(19)27(23)28(24,20-9-2-1-3-10-20)21-11-7-17-30-18-21/h1-18H. The van der Waals surface area contributed by atoms with E-state index in [0.29, 0.717) is 0 Å². The van der Waals surface area contributed by atoms with Crippen LogP contribution in [0.2, 0.25) is 5.02 Å². The molecule has 0 saturated heterocycles. The first-order valence-electron chi connectivity index (χ1n) is 10.1. The molecular weight excluding hydrogens is 386 g/mol. The smallest absolute Gasteiger partial charge is 0.0734 e. The second kappa shape index (κ2) is 6.55. The predicted octanol–water partition coefficient (Wildman–Crippen LogP) is 7.25. The van der Waals surface area contributed by atoms with Gasteiger partial charge < -0.3 is 0 Å². The van der Waals surface area contributed by atoms with E-state index in [2.05, 4.69) is 89.9 Å². The number of nitrogens with zero attached hydrogens (tertiary/aromatic N) is 1. The highest BCUT2D eigenvalue weighted by atomic mass is 35.5. The summed E-state index contributed by atoms with van der Waals surface area (Å²) in [5, 5.41) is 3.25. The molecule has 142 valence electrons. The Balaban J connectivity index is 1.90. The highest BCUT2D eigenvalue weighted by Crippen LogP contribution is 2.59. The van der Waals surface area contributed by atoms with Gasteiger partial charge in [0.2, 0.25) is 0 Å². The second-order valence-electron chi connectivity index (χ2n) is 7.73. The van der Waals surface area contributed by atoms with E-state index < -0.39 is 5.41 Å². The van der Waals surface area contributed by atoms with E-state index in [1.54, 1.807) is 0 Å². The van der Waals surface area contributed by atoms with Crippen LogP contribution in [0.15, 0.2) is 109 Å². The Morgan fingerprint density at radius 3 is 2.30 bits per heavy atom. The van der Waals surface area contributed by atoms with Crippen LogP contribution >= 0.6 is 11.6 Å². The molecule has 0 amide bonds. The van der Waals surface area contributed by atoms with E-state index >= 15 is 0 Å². The summed E-state index contributed by atoms with van der Waals surface area (Å²) in [4.78, 5) is 4.52.